The van der Waals surface area contributed by atoms with E-state index in [-0.39, 0.29) is 17.9 Å². The molecule has 1 saturated heterocycles. The Labute approximate surface area is 185 Å². The number of amides is 1. The van der Waals surface area contributed by atoms with Gasteiger partial charge in [-0.25, -0.2) is 0 Å². The Balaban J connectivity index is 1.52. The molecule has 1 saturated carbocycles. The number of benzene rings is 2. The van der Waals surface area contributed by atoms with Crippen molar-refractivity contribution in [3.8, 4) is 0 Å². The van der Waals surface area contributed by atoms with E-state index >= 15 is 0 Å². The van der Waals surface area contributed by atoms with Gasteiger partial charge in [0, 0.05) is 37.3 Å². The Hall–Kier alpha value is -2.46. The zero-order valence-electron chi connectivity index (χ0n) is 18.6. The van der Waals surface area contributed by atoms with Crippen molar-refractivity contribution in [2.75, 3.05) is 6.54 Å². The van der Waals surface area contributed by atoms with Gasteiger partial charge in [-0.3, -0.25) is 14.7 Å². The standard InChI is InChI=1S/C27H33N3O/c1-19(2)16-28-26(31)27-23-13-22(17-29-27)15-25(27)30(18-21-11-7-4-8-12-21)24(23)14-20-9-5-3-6-10-20/h3-12,17,19,22-25H,13-16,18H2,1-2H3,(H,28,31). The topological polar surface area (TPSA) is 44.7 Å². The van der Waals surface area contributed by atoms with E-state index in [1.165, 1.54) is 11.1 Å². The molecule has 1 aliphatic carbocycles. The number of aliphatic imine (C=N–C) groups is 1. The molecular formula is C27H33N3O. The monoisotopic (exact) mass is 415 g/mol. The Morgan fingerprint density at radius 2 is 1.74 bits per heavy atom. The predicted octanol–water partition coefficient (Wildman–Crippen LogP) is 4.10. The molecule has 5 unspecified atom stereocenters. The maximum atomic E-state index is 13.7. The van der Waals surface area contributed by atoms with Gasteiger partial charge in [0.05, 0.1) is 0 Å². The van der Waals surface area contributed by atoms with Gasteiger partial charge in [0.25, 0.3) is 0 Å². The van der Waals surface area contributed by atoms with Crippen LogP contribution in [0.4, 0.5) is 0 Å². The molecule has 3 heterocycles. The fraction of sp³-hybridized carbons (Fsp3) is 0.481. The number of nitrogens with one attached hydrogen (secondary N) is 1. The number of hydrogen-bond acceptors (Lipinski definition) is 3. The van der Waals surface area contributed by atoms with Crippen molar-refractivity contribution < 1.29 is 4.79 Å². The van der Waals surface area contributed by atoms with E-state index in [0.717, 1.165) is 25.8 Å². The average Bonchev–Trinajstić information content (AvgIpc) is 2.96. The highest BCUT2D eigenvalue weighted by Crippen LogP contribution is 2.55. The van der Waals surface area contributed by atoms with Crippen LogP contribution in [0.2, 0.25) is 0 Å². The zero-order valence-corrected chi connectivity index (χ0v) is 18.6. The highest BCUT2D eigenvalue weighted by atomic mass is 16.2. The molecule has 0 spiro atoms. The van der Waals surface area contributed by atoms with Crippen molar-refractivity contribution in [1.82, 2.24) is 10.2 Å². The molecule has 0 radical (unpaired) electrons. The Morgan fingerprint density at radius 1 is 1.06 bits per heavy atom. The average molecular weight is 416 g/mol. The van der Waals surface area contributed by atoms with E-state index < -0.39 is 5.54 Å². The first kappa shape index (κ1) is 20.4. The van der Waals surface area contributed by atoms with E-state index in [4.69, 9.17) is 4.99 Å². The Morgan fingerprint density at radius 3 is 2.42 bits per heavy atom. The number of carbonyl (C=O) groups excluding carboxylic acids is 1. The first-order valence-corrected chi connectivity index (χ1v) is 11.7. The molecule has 31 heavy (non-hydrogen) atoms. The van der Waals surface area contributed by atoms with Crippen LogP contribution in [0.1, 0.15) is 37.8 Å². The molecule has 6 rings (SSSR count). The summed E-state index contributed by atoms with van der Waals surface area (Å²) in [6.45, 7) is 5.88. The summed E-state index contributed by atoms with van der Waals surface area (Å²) in [7, 11) is 0. The van der Waals surface area contributed by atoms with Gasteiger partial charge in [-0.2, -0.15) is 0 Å². The van der Waals surface area contributed by atoms with E-state index in [1.807, 2.05) is 0 Å². The summed E-state index contributed by atoms with van der Waals surface area (Å²) in [5, 5.41) is 3.26. The van der Waals surface area contributed by atoms with Crippen LogP contribution in [0.5, 0.6) is 0 Å². The molecule has 0 aromatic heterocycles. The summed E-state index contributed by atoms with van der Waals surface area (Å²) in [6.07, 6.45) is 5.16. The lowest BCUT2D eigenvalue weighted by Crippen LogP contribution is -2.62. The van der Waals surface area contributed by atoms with Crippen molar-refractivity contribution in [1.29, 1.82) is 0 Å². The van der Waals surface area contributed by atoms with E-state index in [1.54, 1.807) is 0 Å². The molecule has 4 heteroatoms. The second kappa shape index (κ2) is 8.23. The Bertz CT molecular complexity index is 882. The normalized spacial score (nSPS) is 31.3. The number of hydrogen-bond donors (Lipinski definition) is 1. The minimum absolute atomic E-state index is 0.138. The van der Waals surface area contributed by atoms with Crippen molar-refractivity contribution >= 4 is 12.1 Å². The van der Waals surface area contributed by atoms with E-state index in [0.29, 0.717) is 24.4 Å². The van der Waals surface area contributed by atoms with Crippen LogP contribution >= 0.6 is 0 Å². The molecule has 2 aromatic rings. The van der Waals surface area contributed by atoms with Gasteiger partial charge in [0.1, 0.15) is 0 Å². The van der Waals surface area contributed by atoms with Crippen molar-refractivity contribution in [3.05, 3.63) is 71.8 Å². The third-order valence-corrected chi connectivity index (χ3v) is 7.48. The van der Waals surface area contributed by atoms with E-state index in [9.17, 15) is 4.79 Å². The molecule has 4 nitrogen and oxygen atoms in total. The molecule has 2 aromatic carbocycles. The fourth-order valence-electron chi connectivity index (χ4n) is 6.10. The lowest BCUT2D eigenvalue weighted by atomic mass is 9.64. The lowest BCUT2D eigenvalue weighted by molar-refractivity contribution is -0.130. The molecule has 5 atom stereocenters. The summed E-state index contributed by atoms with van der Waals surface area (Å²) >= 11 is 0. The van der Waals surface area contributed by atoms with Gasteiger partial charge in [0.15, 0.2) is 5.54 Å². The summed E-state index contributed by atoms with van der Waals surface area (Å²) in [4.78, 5) is 21.3. The Kier molecular flexibility index (Phi) is 5.43. The van der Waals surface area contributed by atoms with Gasteiger partial charge in [-0.1, -0.05) is 74.5 Å². The number of nitrogens with zero attached hydrogens (tertiary/aromatic N) is 2. The van der Waals surface area contributed by atoms with Gasteiger partial charge < -0.3 is 5.32 Å². The summed E-state index contributed by atoms with van der Waals surface area (Å²) in [5.74, 6) is 1.33. The molecule has 4 aliphatic rings. The van der Waals surface area contributed by atoms with Crippen LogP contribution in [0.3, 0.4) is 0 Å². The molecule has 3 aliphatic heterocycles. The predicted molar refractivity (Wildman–Crippen MR) is 125 cm³/mol. The highest BCUT2D eigenvalue weighted by molar-refractivity contribution is 5.92. The molecule has 1 N–H and O–H groups in total. The van der Waals surface area contributed by atoms with Gasteiger partial charge >= 0.3 is 0 Å². The molecular weight excluding hydrogens is 382 g/mol. The first-order chi connectivity index (χ1) is 15.1. The van der Waals surface area contributed by atoms with Crippen molar-refractivity contribution in [2.24, 2.45) is 22.7 Å². The fourth-order valence-corrected chi connectivity index (χ4v) is 6.10. The molecule has 4 bridgehead atoms. The largest absolute Gasteiger partial charge is 0.354 e. The summed E-state index contributed by atoms with van der Waals surface area (Å²) < 4.78 is 0. The third-order valence-electron chi connectivity index (χ3n) is 7.48. The van der Waals surface area contributed by atoms with E-state index in [2.05, 4.69) is 90.9 Å². The van der Waals surface area contributed by atoms with Crippen LogP contribution in [-0.2, 0) is 17.8 Å². The maximum absolute atomic E-state index is 13.7. The zero-order chi connectivity index (χ0) is 21.4. The smallest absolute Gasteiger partial charge is 0.249 e. The minimum atomic E-state index is -0.641. The van der Waals surface area contributed by atoms with Crippen LogP contribution in [0.15, 0.2) is 65.7 Å². The molecule has 2 fully saturated rings. The van der Waals surface area contributed by atoms with Crippen LogP contribution in [-0.4, -0.2) is 41.2 Å². The maximum Gasteiger partial charge on any atom is 0.249 e. The van der Waals surface area contributed by atoms with Crippen LogP contribution in [0.25, 0.3) is 0 Å². The van der Waals surface area contributed by atoms with Gasteiger partial charge in [-0.05, 0) is 42.2 Å². The third kappa shape index (κ3) is 3.61. The SMILES string of the molecule is CC(C)CNC(=O)C12N=CC3CC1C(Cc1ccccc1)N(Cc1ccccc1)C2C3. The molecule has 162 valence electrons. The van der Waals surface area contributed by atoms with Gasteiger partial charge in [0.2, 0.25) is 5.91 Å². The van der Waals surface area contributed by atoms with Crippen LogP contribution in [0, 0.1) is 17.8 Å². The van der Waals surface area contributed by atoms with Crippen molar-refractivity contribution in [2.45, 2.75) is 57.3 Å². The quantitative estimate of drug-likeness (QED) is 0.740. The van der Waals surface area contributed by atoms with Crippen molar-refractivity contribution in [3.63, 3.8) is 0 Å². The first-order valence-electron chi connectivity index (χ1n) is 11.7. The molecule has 1 amide bonds. The highest BCUT2D eigenvalue weighted by Gasteiger charge is 2.67. The second-order valence-electron chi connectivity index (χ2n) is 9.98. The lowest BCUT2D eigenvalue weighted by Gasteiger charge is -2.46. The number of rotatable bonds is 7. The second-order valence-corrected chi connectivity index (χ2v) is 9.98. The summed E-state index contributed by atoms with van der Waals surface area (Å²) in [5.41, 5.74) is 2.01. The summed E-state index contributed by atoms with van der Waals surface area (Å²) in [6, 6.07) is 21.9. The van der Waals surface area contributed by atoms with Crippen LogP contribution < -0.4 is 5.32 Å². The number of carbonyl (C=O) groups is 1. The minimum Gasteiger partial charge on any atom is -0.354 e. The number of likely N-dealkylation sites (tertiary alicyclic amines) is 1. The van der Waals surface area contributed by atoms with Gasteiger partial charge in [-0.15, -0.1) is 0 Å².